The second-order valence-electron chi connectivity index (χ2n) is 6.57. The van der Waals surface area contributed by atoms with Gasteiger partial charge in [-0.1, -0.05) is 24.3 Å². The number of hydrogen-bond acceptors (Lipinski definition) is 6. The molecule has 142 valence electrons. The highest BCUT2D eigenvalue weighted by Gasteiger charge is 2.19. The van der Waals surface area contributed by atoms with Crippen LogP contribution in [-0.4, -0.2) is 47.0 Å². The normalized spacial score (nSPS) is 14.0. The van der Waals surface area contributed by atoms with Crippen molar-refractivity contribution in [1.82, 2.24) is 20.3 Å². The predicted molar refractivity (Wildman–Crippen MR) is 108 cm³/mol. The van der Waals surface area contributed by atoms with Gasteiger partial charge in [-0.15, -0.1) is 0 Å². The number of aromatic nitrogens is 3. The van der Waals surface area contributed by atoms with Crippen LogP contribution in [0.2, 0.25) is 0 Å². The molecule has 1 fully saturated rings. The minimum atomic E-state index is -0.225. The number of para-hydroxylation sites is 1. The minimum absolute atomic E-state index is 0.225. The van der Waals surface area contributed by atoms with Gasteiger partial charge in [-0.3, -0.25) is 9.78 Å². The van der Waals surface area contributed by atoms with Gasteiger partial charge in [0.1, 0.15) is 17.8 Å². The minimum Gasteiger partial charge on any atom is -0.368 e. The maximum absolute atomic E-state index is 12.4. The van der Waals surface area contributed by atoms with E-state index in [-0.39, 0.29) is 5.91 Å². The molecule has 3 aromatic rings. The third-order valence-corrected chi connectivity index (χ3v) is 4.77. The van der Waals surface area contributed by atoms with E-state index >= 15 is 0 Å². The van der Waals surface area contributed by atoms with Gasteiger partial charge in [-0.05, 0) is 24.3 Å². The molecule has 1 saturated heterocycles. The van der Waals surface area contributed by atoms with E-state index < -0.39 is 0 Å². The van der Waals surface area contributed by atoms with Crippen LogP contribution in [0.1, 0.15) is 16.2 Å². The predicted octanol–water partition coefficient (Wildman–Crippen LogP) is 2.13. The van der Waals surface area contributed by atoms with Crippen LogP contribution in [0.25, 0.3) is 0 Å². The second-order valence-corrected chi connectivity index (χ2v) is 6.57. The van der Waals surface area contributed by atoms with Gasteiger partial charge in [0, 0.05) is 44.1 Å². The molecular weight excluding hydrogens is 352 g/mol. The van der Waals surface area contributed by atoms with Gasteiger partial charge in [0.2, 0.25) is 0 Å². The summed E-state index contributed by atoms with van der Waals surface area (Å²) in [6.45, 7) is 3.89. The van der Waals surface area contributed by atoms with E-state index in [2.05, 4.69) is 54.3 Å². The van der Waals surface area contributed by atoms with Gasteiger partial charge >= 0.3 is 0 Å². The summed E-state index contributed by atoms with van der Waals surface area (Å²) >= 11 is 0. The molecule has 0 atom stereocenters. The number of hydrogen-bond donors (Lipinski definition) is 1. The Morgan fingerprint density at radius 1 is 0.893 bits per heavy atom. The smallest absolute Gasteiger partial charge is 0.270 e. The molecule has 1 amide bonds. The van der Waals surface area contributed by atoms with Gasteiger partial charge in [0.15, 0.2) is 0 Å². The first-order valence-electron chi connectivity index (χ1n) is 9.35. The van der Waals surface area contributed by atoms with Crippen LogP contribution >= 0.6 is 0 Å². The number of carbonyl (C=O) groups is 1. The summed E-state index contributed by atoms with van der Waals surface area (Å²) in [7, 11) is 0. The van der Waals surface area contributed by atoms with Crippen molar-refractivity contribution >= 4 is 17.4 Å². The lowest BCUT2D eigenvalue weighted by Gasteiger charge is -2.36. The van der Waals surface area contributed by atoms with E-state index in [0.29, 0.717) is 12.2 Å². The lowest BCUT2D eigenvalue weighted by atomic mass is 10.2. The van der Waals surface area contributed by atoms with Crippen molar-refractivity contribution in [3.63, 3.8) is 0 Å². The third-order valence-electron chi connectivity index (χ3n) is 4.77. The first-order valence-corrected chi connectivity index (χ1v) is 9.35. The maximum Gasteiger partial charge on any atom is 0.270 e. The first kappa shape index (κ1) is 17.9. The zero-order valence-corrected chi connectivity index (χ0v) is 15.5. The molecule has 0 saturated carbocycles. The van der Waals surface area contributed by atoms with Crippen molar-refractivity contribution in [1.29, 1.82) is 0 Å². The Kier molecular flexibility index (Phi) is 5.42. The summed E-state index contributed by atoms with van der Waals surface area (Å²) in [4.78, 5) is 29.7. The van der Waals surface area contributed by atoms with Crippen molar-refractivity contribution in [2.24, 2.45) is 0 Å². The standard InChI is InChI=1S/C21H22N6O/c28-21(23-15-17-6-4-5-9-22-17)19-14-20(25-16-24-19)27-12-10-26(11-13-27)18-7-2-1-3-8-18/h1-9,14,16H,10-13,15H2,(H,23,28). The van der Waals surface area contributed by atoms with Crippen LogP contribution in [0.4, 0.5) is 11.5 Å². The number of amides is 1. The molecule has 3 heterocycles. The van der Waals surface area contributed by atoms with E-state index in [0.717, 1.165) is 37.7 Å². The summed E-state index contributed by atoms with van der Waals surface area (Å²) in [5, 5.41) is 2.86. The van der Waals surface area contributed by atoms with E-state index in [4.69, 9.17) is 0 Å². The summed E-state index contributed by atoms with van der Waals surface area (Å²) in [6.07, 6.45) is 3.16. The van der Waals surface area contributed by atoms with Crippen LogP contribution < -0.4 is 15.1 Å². The summed E-state index contributed by atoms with van der Waals surface area (Å²) in [5.74, 6) is 0.558. The average Bonchev–Trinajstić information content (AvgIpc) is 2.79. The second kappa shape index (κ2) is 8.47. The quantitative estimate of drug-likeness (QED) is 0.737. The molecule has 28 heavy (non-hydrogen) atoms. The first-order chi connectivity index (χ1) is 13.8. The van der Waals surface area contributed by atoms with Gasteiger partial charge in [0.25, 0.3) is 5.91 Å². The van der Waals surface area contributed by atoms with Crippen molar-refractivity contribution in [2.75, 3.05) is 36.0 Å². The number of rotatable bonds is 5. The van der Waals surface area contributed by atoms with Gasteiger partial charge < -0.3 is 15.1 Å². The Morgan fingerprint density at radius 3 is 2.39 bits per heavy atom. The van der Waals surface area contributed by atoms with Crippen molar-refractivity contribution in [3.05, 3.63) is 78.5 Å². The Balaban J connectivity index is 1.37. The molecule has 1 N–H and O–H groups in total. The molecular formula is C21H22N6O. The number of pyridine rings is 1. The highest BCUT2D eigenvalue weighted by Crippen LogP contribution is 2.19. The summed E-state index contributed by atoms with van der Waals surface area (Å²) in [5.41, 5.74) is 2.41. The largest absolute Gasteiger partial charge is 0.368 e. The number of carbonyl (C=O) groups excluding carboxylic acids is 1. The zero-order chi connectivity index (χ0) is 19.2. The maximum atomic E-state index is 12.4. The molecule has 0 radical (unpaired) electrons. The lowest BCUT2D eigenvalue weighted by Crippen LogP contribution is -2.46. The number of nitrogens with one attached hydrogen (secondary N) is 1. The monoisotopic (exact) mass is 374 g/mol. The van der Waals surface area contributed by atoms with Crippen molar-refractivity contribution in [3.8, 4) is 0 Å². The molecule has 2 aromatic heterocycles. The topological polar surface area (TPSA) is 74.2 Å². The molecule has 4 rings (SSSR count). The molecule has 0 spiro atoms. The molecule has 1 aromatic carbocycles. The van der Waals surface area contributed by atoms with E-state index in [1.54, 1.807) is 12.3 Å². The lowest BCUT2D eigenvalue weighted by molar-refractivity contribution is 0.0945. The van der Waals surface area contributed by atoms with Crippen molar-refractivity contribution < 1.29 is 4.79 Å². The van der Waals surface area contributed by atoms with Gasteiger partial charge in [-0.2, -0.15) is 0 Å². The SMILES string of the molecule is O=C(NCc1ccccn1)c1cc(N2CCN(c3ccccc3)CC2)ncn1. The van der Waals surface area contributed by atoms with Crippen molar-refractivity contribution in [2.45, 2.75) is 6.54 Å². The van der Waals surface area contributed by atoms with Crippen LogP contribution in [0, 0.1) is 0 Å². The highest BCUT2D eigenvalue weighted by molar-refractivity contribution is 5.92. The molecule has 7 nitrogen and oxygen atoms in total. The van der Waals surface area contributed by atoms with Crippen LogP contribution in [-0.2, 0) is 6.54 Å². The molecule has 1 aliphatic heterocycles. The Bertz CT molecular complexity index is 910. The Labute approximate surface area is 164 Å². The molecule has 0 unspecified atom stereocenters. The third kappa shape index (κ3) is 4.25. The average molecular weight is 374 g/mol. The number of piperazine rings is 1. The summed E-state index contributed by atoms with van der Waals surface area (Å²) < 4.78 is 0. The summed E-state index contributed by atoms with van der Waals surface area (Å²) in [6, 6.07) is 17.8. The van der Waals surface area contributed by atoms with E-state index in [9.17, 15) is 4.79 Å². The van der Waals surface area contributed by atoms with Crippen LogP contribution in [0.3, 0.4) is 0 Å². The van der Waals surface area contributed by atoms with Gasteiger partial charge in [0.05, 0.1) is 12.2 Å². The molecule has 0 aliphatic carbocycles. The van der Waals surface area contributed by atoms with Crippen LogP contribution in [0.5, 0.6) is 0 Å². The van der Waals surface area contributed by atoms with Gasteiger partial charge in [-0.25, -0.2) is 9.97 Å². The Morgan fingerprint density at radius 2 is 1.64 bits per heavy atom. The number of anilines is 2. The highest BCUT2D eigenvalue weighted by atomic mass is 16.1. The molecule has 0 bridgehead atoms. The number of benzene rings is 1. The van der Waals surface area contributed by atoms with Crippen LogP contribution in [0.15, 0.2) is 67.1 Å². The fourth-order valence-electron chi connectivity index (χ4n) is 3.24. The number of nitrogens with zero attached hydrogens (tertiary/aromatic N) is 5. The van der Waals surface area contributed by atoms with E-state index in [1.807, 2.05) is 24.3 Å². The Hall–Kier alpha value is -3.48. The fraction of sp³-hybridized carbons (Fsp3) is 0.238. The van der Waals surface area contributed by atoms with E-state index in [1.165, 1.54) is 12.0 Å². The zero-order valence-electron chi connectivity index (χ0n) is 15.5. The fourth-order valence-corrected chi connectivity index (χ4v) is 3.24. The molecule has 7 heteroatoms. The molecule has 1 aliphatic rings.